The molecule has 1 fully saturated rings. The Morgan fingerprint density at radius 2 is 1.94 bits per heavy atom. The van der Waals surface area contributed by atoms with Crippen molar-refractivity contribution < 1.29 is 28.6 Å². The Kier molecular flexibility index (Phi) is 7.02. The van der Waals surface area contributed by atoms with Crippen LogP contribution in [0.3, 0.4) is 0 Å². The molecule has 0 radical (unpaired) electrons. The zero-order valence-corrected chi connectivity index (χ0v) is 19.5. The van der Waals surface area contributed by atoms with Gasteiger partial charge in [0.05, 0.1) is 31.2 Å². The fourth-order valence-corrected chi connectivity index (χ4v) is 4.37. The van der Waals surface area contributed by atoms with Crippen molar-refractivity contribution in [1.82, 2.24) is 4.90 Å². The van der Waals surface area contributed by atoms with Crippen molar-refractivity contribution in [2.24, 2.45) is 0 Å². The molecule has 2 aliphatic rings. The largest absolute Gasteiger partial charge is 0.490 e. The van der Waals surface area contributed by atoms with Crippen LogP contribution in [0, 0.1) is 6.92 Å². The number of amides is 3. The quantitative estimate of drug-likeness (QED) is 0.666. The number of nitrogens with zero attached hydrogens (tertiary/aromatic N) is 1. The number of aryl methyl sites for hydroxylation is 1. The second-order valence-corrected chi connectivity index (χ2v) is 8.55. The molecule has 0 unspecified atom stereocenters. The number of hydrogen-bond donors (Lipinski definition) is 2. The Bertz CT molecular complexity index is 1090. The third kappa shape index (κ3) is 5.14. The summed E-state index contributed by atoms with van der Waals surface area (Å²) in [6, 6.07) is 11.9. The molecule has 34 heavy (non-hydrogen) atoms. The number of carbonyl (C=O) groups excluding carboxylic acids is 3. The van der Waals surface area contributed by atoms with Crippen molar-refractivity contribution in [2.75, 3.05) is 31.4 Å². The van der Waals surface area contributed by atoms with Crippen LogP contribution in [0.1, 0.15) is 35.2 Å². The molecule has 0 bridgehead atoms. The number of fused-ring (bicyclic) bond motifs is 2. The van der Waals surface area contributed by atoms with Gasteiger partial charge in [0.25, 0.3) is 5.91 Å². The summed E-state index contributed by atoms with van der Waals surface area (Å²) in [5.41, 5.74) is 2.50. The van der Waals surface area contributed by atoms with Gasteiger partial charge in [-0.1, -0.05) is 18.2 Å². The molecule has 1 saturated heterocycles. The van der Waals surface area contributed by atoms with Gasteiger partial charge in [-0.15, -0.1) is 0 Å². The summed E-state index contributed by atoms with van der Waals surface area (Å²) in [7, 11) is 3.09. The van der Waals surface area contributed by atoms with E-state index in [0.717, 1.165) is 5.56 Å². The van der Waals surface area contributed by atoms with Crippen LogP contribution in [-0.2, 0) is 14.3 Å². The average molecular weight is 468 g/mol. The van der Waals surface area contributed by atoms with Crippen LogP contribution in [-0.4, -0.2) is 61.8 Å². The van der Waals surface area contributed by atoms with Crippen molar-refractivity contribution in [3.8, 4) is 5.75 Å². The van der Waals surface area contributed by atoms with Crippen molar-refractivity contribution in [3.63, 3.8) is 0 Å². The van der Waals surface area contributed by atoms with Gasteiger partial charge in [0.15, 0.2) is 0 Å². The summed E-state index contributed by atoms with van der Waals surface area (Å²) < 4.78 is 16.8. The van der Waals surface area contributed by atoms with E-state index in [1.807, 2.05) is 31.2 Å². The first-order valence-corrected chi connectivity index (χ1v) is 11.3. The number of benzene rings is 2. The minimum Gasteiger partial charge on any atom is -0.490 e. The van der Waals surface area contributed by atoms with Gasteiger partial charge in [-0.25, -0.2) is 4.79 Å². The van der Waals surface area contributed by atoms with Gasteiger partial charge in [-0.2, -0.15) is 0 Å². The molecule has 3 atom stereocenters. The first-order chi connectivity index (χ1) is 16.4. The van der Waals surface area contributed by atoms with Crippen LogP contribution < -0.4 is 15.4 Å². The van der Waals surface area contributed by atoms with Gasteiger partial charge < -0.3 is 29.7 Å². The third-order valence-electron chi connectivity index (χ3n) is 6.28. The van der Waals surface area contributed by atoms with Crippen LogP contribution >= 0.6 is 0 Å². The molecule has 0 aliphatic carbocycles. The van der Waals surface area contributed by atoms with Crippen LogP contribution in [0.4, 0.5) is 16.2 Å². The molecule has 2 heterocycles. The number of esters is 1. The predicted molar refractivity (Wildman–Crippen MR) is 126 cm³/mol. The molecule has 2 N–H and O–H groups in total. The van der Waals surface area contributed by atoms with E-state index in [1.54, 1.807) is 30.1 Å². The zero-order valence-electron chi connectivity index (χ0n) is 19.5. The Labute approximate surface area is 198 Å². The van der Waals surface area contributed by atoms with Gasteiger partial charge in [0.1, 0.15) is 18.5 Å². The van der Waals surface area contributed by atoms with Gasteiger partial charge in [0.2, 0.25) is 0 Å². The summed E-state index contributed by atoms with van der Waals surface area (Å²) in [6.45, 7) is 2.15. The molecule has 9 nitrogen and oxygen atoms in total. The Morgan fingerprint density at radius 3 is 2.71 bits per heavy atom. The average Bonchev–Trinajstić information content (AvgIpc) is 2.83. The maximum atomic E-state index is 13.3. The third-order valence-corrected chi connectivity index (χ3v) is 6.28. The Hall–Kier alpha value is -3.59. The summed E-state index contributed by atoms with van der Waals surface area (Å²) >= 11 is 0. The van der Waals surface area contributed by atoms with E-state index in [0.29, 0.717) is 35.5 Å². The van der Waals surface area contributed by atoms with Crippen molar-refractivity contribution >= 4 is 29.3 Å². The second-order valence-electron chi connectivity index (χ2n) is 8.55. The Morgan fingerprint density at radius 1 is 1.15 bits per heavy atom. The number of carbonyl (C=O) groups is 3. The molecule has 9 heteroatoms. The number of rotatable bonds is 4. The minimum absolute atomic E-state index is 0.174. The number of methoxy groups -OCH3 is 1. The number of likely N-dealkylation sites (N-methyl/N-ethyl adjacent to an activating group) is 1. The number of ether oxygens (including phenoxy) is 3. The summed E-state index contributed by atoms with van der Waals surface area (Å²) in [5.74, 6) is -0.127. The maximum absolute atomic E-state index is 13.3. The lowest BCUT2D eigenvalue weighted by Crippen LogP contribution is -2.53. The van der Waals surface area contributed by atoms with Gasteiger partial charge >= 0.3 is 12.0 Å². The van der Waals surface area contributed by atoms with Crippen molar-refractivity contribution in [3.05, 3.63) is 53.6 Å². The lowest BCUT2D eigenvalue weighted by atomic mass is 9.94. The highest BCUT2D eigenvalue weighted by Crippen LogP contribution is 2.32. The monoisotopic (exact) mass is 467 g/mol. The predicted octanol–water partition coefficient (Wildman–Crippen LogP) is 3.58. The zero-order chi connectivity index (χ0) is 24.2. The van der Waals surface area contributed by atoms with Gasteiger partial charge in [-0.05, 0) is 49.6 Å². The molecule has 2 aromatic rings. The molecule has 0 aromatic heterocycles. The van der Waals surface area contributed by atoms with Gasteiger partial charge in [-0.3, -0.25) is 9.59 Å². The van der Waals surface area contributed by atoms with E-state index >= 15 is 0 Å². The maximum Gasteiger partial charge on any atom is 0.323 e. The first-order valence-electron chi connectivity index (χ1n) is 11.3. The number of anilines is 2. The summed E-state index contributed by atoms with van der Waals surface area (Å²) in [6.07, 6.45) is 0.875. The molecule has 2 aromatic carbocycles. The summed E-state index contributed by atoms with van der Waals surface area (Å²) in [5, 5.41) is 5.59. The van der Waals surface area contributed by atoms with Crippen LogP contribution in [0.5, 0.6) is 5.75 Å². The lowest BCUT2D eigenvalue weighted by molar-refractivity contribution is -0.151. The fraction of sp³-hybridized carbons (Fsp3) is 0.400. The molecule has 0 spiro atoms. The molecule has 2 aliphatic heterocycles. The first kappa shape index (κ1) is 23.6. The molecular weight excluding hydrogens is 438 g/mol. The van der Waals surface area contributed by atoms with Crippen LogP contribution in [0.15, 0.2) is 42.5 Å². The highest BCUT2D eigenvalue weighted by molar-refractivity contribution is 6.02. The van der Waals surface area contributed by atoms with E-state index in [9.17, 15) is 14.4 Å². The van der Waals surface area contributed by atoms with E-state index in [1.165, 1.54) is 7.11 Å². The van der Waals surface area contributed by atoms with Gasteiger partial charge in [0, 0.05) is 18.4 Å². The SMILES string of the molecule is COC(=O)C[C@@H]1CC[C@H]2[C@H](COc3ccc(NC(=O)Nc4ccccc4C)cc3C(=O)N2C)O1. The number of nitrogens with one attached hydrogen (secondary N) is 2. The van der Waals surface area contributed by atoms with E-state index in [2.05, 4.69) is 10.6 Å². The van der Waals surface area contributed by atoms with E-state index in [4.69, 9.17) is 14.2 Å². The highest BCUT2D eigenvalue weighted by Gasteiger charge is 2.39. The normalized spacial score (nSPS) is 21.8. The molecular formula is C25H29N3O6. The molecule has 180 valence electrons. The fourth-order valence-electron chi connectivity index (χ4n) is 4.37. The number of urea groups is 1. The molecule has 4 rings (SSSR count). The van der Waals surface area contributed by atoms with Crippen molar-refractivity contribution in [1.29, 1.82) is 0 Å². The van der Waals surface area contributed by atoms with E-state index < -0.39 is 6.03 Å². The van der Waals surface area contributed by atoms with Crippen LogP contribution in [0.25, 0.3) is 0 Å². The Balaban J connectivity index is 1.48. The number of hydrogen-bond acceptors (Lipinski definition) is 6. The number of para-hydroxylation sites is 1. The minimum atomic E-state index is -0.404. The van der Waals surface area contributed by atoms with E-state index in [-0.39, 0.29) is 43.2 Å². The smallest absolute Gasteiger partial charge is 0.323 e. The van der Waals surface area contributed by atoms with Crippen molar-refractivity contribution in [2.45, 2.75) is 44.4 Å². The lowest BCUT2D eigenvalue weighted by Gasteiger charge is -2.42. The van der Waals surface area contributed by atoms with Crippen LogP contribution in [0.2, 0.25) is 0 Å². The topological polar surface area (TPSA) is 106 Å². The molecule has 3 amide bonds. The molecule has 0 saturated carbocycles. The highest BCUT2D eigenvalue weighted by atomic mass is 16.5. The standard InChI is InChI=1S/C25H29N3O6/c1-15-6-4-5-7-19(15)27-25(31)26-16-8-11-21-18(12-16)24(30)28(2)20-10-9-17(13-23(29)32-3)34-22(20)14-33-21/h4-8,11-12,17,20,22H,9-10,13-14H2,1-3H3,(H2,26,27,31)/t17-,20-,22-/m0/s1. The second kappa shape index (κ2) is 10.1. The summed E-state index contributed by atoms with van der Waals surface area (Å²) in [4.78, 5) is 39.1.